The molecule has 202 valence electrons. The summed E-state index contributed by atoms with van der Waals surface area (Å²) >= 11 is 6.15. The summed E-state index contributed by atoms with van der Waals surface area (Å²) in [6, 6.07) is 25.2. The van der Waals surface area contributed by atoms with Gasteiger partial charge in [-0.25, -0.2) is 4.39 Å². The van der Waals surface area contributed by atoms with Gasteiger partial charge in [-0.2, -0.15) is 0 Å². The van der Waals surface area contributed by atoms with Crippen molar-refractivity contribution in [3.63, 3.8) is 0 Å². The van der Waals surface area contributed by atoms with Gasteiger partial charge in [0, 0.05) is 33.1 Å². The quantitative estimate of drug-likeness (QED) is 0.280. The van der Waals surface area contributed by atoms with E-state index in [0.29, 0.717) is 21.8 Å². The van der Waals surface area contributed by atoms with Crippen LogP contribution in [0.25, 0.3) is 5.57 Å². The van der Waals surface area contributed by atoms with Crippen molar-refractivity contribution in [3.05, 3.63) is 136 Å². The molecule has 4 aromatic carbocycles. The Kier molecular flexibility index (Phi) is 5.73. The van der Waals surface area contributed by atoms with Gasteiger partial charge in [0.1, 0.15) is 17.3 Å². The molecule has 0 saturated carbocycles. The standard InChI is InChI=1S/C34H24ClFN2O3/c1-19-18-28-34(25-7-3-4-8-26(25)37-33(34)41)29(31(39)20-12-16-23(36)17-13-20)30(32(40)21-10-14-22(35)15-11-21)38(28)27-9-5-2-6-24(19)27/h2-18,28-30H,1H3,(H,37,41)/t28-,29+,30+,34-/m1/s1. The van der Waals surface area contributed by atoms with E-state index in [-0.39, 0.29) is 17.3 Å². The van der Waals surface area contributed by atoms with E-state index in [9.17, 15) is 18.8 Å². The van der Waals surface area contributed by atoms with Crippen molar-refractivity contribution in [2.75, 3.05) is 10.2 Å². The fourth-order valence-electron chi connectivity index (χ4n) is 6.97. The molecule has 3 aliphatic rings. The highest BCUT2D eigenvalue weighted by atomic mass is 35.5. The van der Waals surface area contributed by atoms with E-state index in [4.69, 9.17) is 11.6 Å². The van der Waals surface area contributed by atoms with Crippen LogP contribution in [0, 0.1) is 11.7 Å². The van der Waals surface area contributed by atoms with E-state index >= 15 is 0 Å². The van der Waals surface area contributed by atoms with E-state index in [2.05, 4.69) is 5.32 Å². The number of anilines is 2. The van der Waals surface area contributed by atoms with Crippen LogP contribution in [-0.2, 0) is 10.2 Å². The summed E-state index contributed by atoms with van der Waals surface area (Å²) in [6.45, 7) is 1.98. The zero-order valence-electron chi connectivity index (χ0n) is 22.0. The molecule has 0 unspecified atom stereocenters. The van der Waals surface area contributed by atoms with Crippen molar-refractivity contribution in [3.8, 4) is 0 Å². The number of carbonyl (C=O) groups excluding carboxylic acids is 3. The van der Waals surface area contributed by atoms with Crippen LogP contribution in [0.1, 0.15) is 38.8 Å². The van der Waals surface area contributed by atoms with Gasteiger partial charge in [-0.1, -0.05) is 54.1 Å². The number of amides is 1. The number of Topliss-reactive ketones (excluding diaryl/α,β-unsaturated/α-hetero) is 2. The number of benzene rings is 4. The second kappa shape index (κ2) is 9.25. The van der Waals surface area contributed by atoms with Crippen molar-refractivity contribution >= 4 is 46.0 Å². The molecule has 1 amide bonds. The Morgan fingerprint density at radius 1 is 0.854 bits per heavy atom. The molecule has 3 aliphatic heterocycles. The molecule has 7 rings (SSSR count). The first kappa shape index (κ1) is 25.4. The molecule has 0 radical (unpaired) electrons. The molecule has 4 atom stereocenters. The van der Waals surface area contributed by atoms with Crippen molar-refractivity contribution in [2.45, 2.75) is 24.4 Å². The largest absolute Gasteiger partial charge is 0.352 e. The lowest BCUT2D eigenvalue weighted by molar-refractivity contribution is -0.121. The first-order chi connectivity index (χ1) is 19.8. The monoisotopic (exact) mass is 562 g/mol. The number of allylic oxidation sites excluding steroid dienone is 1. The summed E-state index contributed by atoms with van der Waals surface area (Å²) in [5.74, 6) is -2.65. The zero-order chi connectivity index (χ0) is 28.5. The van der Waals surface area contributed by atoms with Crippen molar-refractivity contribution in [2.24, 2.45) is 5.92 Å². The zero-order valence-corrected chi connectivity index (χ0v) is 22.7. The van der Waals surface area contributed by atoms with Crippen LogP contribution in [0.4, 0.5) is 15.8 Å². The molecule has 1 fully saturated rings. The maximum atomic E-state index is 14.7. The maximum absolute atomic E-state index is 14.7. The third kappa shape index (κ3) is 3.57. The van der Waals surface area contributed by atoms with Gasteiger partial charge in [-0.3, -0.25) is 14.4 Å². The van der Waals surface area contributed by atoms with Gasteiger partial charge >= 0.3 is 0 Å². The fraction of sp³-hybridized carbons (Fsp3) is 0.147. The Balaban J connectivity index is 1.55. The lowest BCUT2D eigenvalue weighted by atomic mass is 9.64. The number of carbonyl (C=O) groups is 3. The van der Waals surface area contributed by atoms with Gasteiger partial charge in [0.2, 0.25) is 5.91 Å². The number of para-hydroxylation sites is 2. The summed E-state index contributed by atoms with van der Waals surface area (Å²) in [4.78, 5) is 45.6. The molecule has 0 aromatic heterocycles. The number of hydrogen-bond donors (Lipinski definition) is 1. The number of rotatable bonds is 4. The number of halogens is 2. The summed E-state index contributed by atoms with van der Waals surface area (Å²) in [6.07, 6.45) is 2.00. The predicted octanol–water partition coefficient (Wildman–Crippen LogP) is 6.73. The topological polar surface area (TPSA) is 66.5 Å². The van der Waals surface area contributed by atoms with Gasteiger partial charge in [0.25, 0.3) is 0 Å². The summed E-state index contributed by atoms with van der Waals surface area (Å²) in [5.41, 5.74) is 3.10. The van der Waals surface area contributed by atoms with E-state index in [1.165, 1.54) is 24.3 Å². The molecule has 4 aromatic rings. The number of ketones is 2. The molecule has 1 spiro atoms. The number of nitrogens with one attached hydrogen (secondary N) is 1. The number of hydrogen-bond acceptors (Lipinski definition) is 4. The van der Waals surface area contributed by atoms with E-state index in [1.54, 1.807) is 24.3 Å². The van der Waals surface area contributed by atoms with Gasteiger partial charge in [-0.05, 0) is 78.7 Å². The smallest absolute Gasteiger partial charge is 0.238 e. The maximum Gasteiger partial charge on any atom is 0.238 e. The molecule has 1 N–H and O–H groups in total. The van der Waals surface area contributed by atoms with Crippen LogP contribution in [0.2, 0.25) is 5.02 Å². The van der Waals surface area contributed by atoms with Crippen LogP contribution in [-0.4, -0.2) is 29.6 Å². The van der Waals surface area contributed by atoms with Crippen LogP contribution in [0.5, 0.6) is 0 Å². The minimum atomic E-state index is -1.43. The fourth-order valence-corrected chi connectivity index (χ4v) is 7.09. The second-order valence-corrected chi connectivity index (χ2v) is 11.2. The lowest BCUT2D eigenvalue weighted by Gasteiger charge is -2.39. The predicted molar refractivity (Wildman–Crippen MR) is 157 cm³/mol. The Hall–Kier alpha value is -4.55. The molecule has 0 aliphatic carbocycles. The minimum absolute atomic E-state index is 0.232. The van der Waals surface area contributed by atoms with Crippen molar-refractivity contribution in [1.82, 2.24) is 0 Å². The first-order valence-corrected chi connectivity index (χ1v) is 13.8. The van der Waals surface area contributed by atoms with Gasteiger partial charge in [0.15, 0.2) is 11.6 Å². The van der Waals surface area contributed by atoms with E-state index < -0.39 is 35.0 Å². The van der Waals surface area contributed by atoms with Crippen LogP contribution >= 0.6 is 11.6 Å². The third-order valence-corrected chi connectivity index (χ3v) is 8.94. The Labute approximate surface area is 241 Å². The normalized spacial score (nSPS) is 23.9. The molecular formula is C34H24ClFN2O3. The molecule has 7 heteroatoms. The number of nitrogens with zero attached hydrogens (tertiary/aromatic N) is 1. The third-order valence-electron chi connectivity index (χ3n) is 8.69. The van der Waals surface area contributed by atoms with E-state index in [1.807, 2.05) is 66.4 Å². The highest BCUT2D eigenvalue weighted by molar-refractivity contribution is 6.30. The average molecular weight is 563 g/mol. The molecule has 0 bridgehead atoms. The van der Waals surface area contributed by atoms with Crippen molar-refractivity contribution in [1.29, 1.82) is 0 Å². The van der Waals surface area contributed by atoms with Crippen LogP contribution in [0.3, 0.4) is 0 Å². The van der Waals surface area contributed by atoms with Gasteiger partial charge in [0.05, 0.1) is 12.0 Å². The average Bonchev–Trinajstić information content (AvgIpc) is 3.45. The van der Waals surface area contributed by atoms with Crippen molar-refractivity contribution < 1.29 is 18.8 Å². The lowest BCUT2D eigenvalue weighted by Crippen LogP contribution is -2.51. The highest BCUT2D eigenvalue weighted by Crippen LogP contribution is 2.58. The van der Waals surface area contributed by atoms with E-state index in [0.717, 1.165) is 16.8 Å². The van der Waals surface area contributed by atoms with Crippen LogP contribution in [0.15, 0.2) is 103 Å². The molecule has 5 nitrogen and oxygen atoms in total. The minimum Gasteiger partial charge on any atom is -0.352 e. The van der Waals surface area contributed by atoms with Gasteiger partial charge < -0.3 is 10.2 Å². The molecular weight excluding hydrogens is 539 g/mol. The second-order valence-electron chi connectivity index (χ2n) is 10.8. The van der Waals surface area contributed by atoms with Gasteiger partial charge in [-0.15, -0.1) is 0 Å². The Morgan fingerprint density at radius 2 is 1.49 bits per heavy atom. The number of fused-ring (bicyclic) bond motifs is 6. The SMILES string of the molecule is CC1=C[C@H]2N(c3ccccc31)[C@H](C(=O)c1ccc(Cl)cc1)[C@@H](C(=O)c1ccc(F)cc1)[C@]21C(=O)Nc2ccccc21. The summed E-state index contributed by atoms with van der Waals surface area (Å²) < 4.78 is 13.9. The first-order valence-electron chi connectivity index (χ1n) is 13.4. The molecule has 41 heavy (non-hydrogen) atoms. The van der Waals surface area contributed by atoms with Crippen LogP contribution < -0.4 is 10.2 Å². The summed E-state index contributed by atoms with van der Waals surface area (Å²) in [7, 11) is 0. The summed E-state index contributed by atoms with van der Waals surface area (Å²) in [5, 5.41) is 3.50. The molecule has 3 heterocycles. The molecule has 1 saturated heterocycles. The highest BCUT2D eigenvalue weighted by Gasteiger charge is 2.70. The Morgan fingerprint density at radius 3 is 2.24 bits per heavy atom. The Bertz CT molecular complexity index is 1780.